The Kier molecular flexibility index (Phi) is 3.15. The molecule has 0 saturated heterocycles. The summed E-state index contributed by atoms with van der Waals surface area (Å²) in [5.74, 6) is -0.925. The predicted molar refractivity (Wildman–Crippen MR) is 71.4 cm³/mol. The van der Waals surface area contributed by atoms with Gasteiger partial charge in [0.05, 0.1) is 0 Å². The molecule has 3 heterocycles. The van der Waals surface area contributed by atoms with Crippen molar-refractivity contribution in [2.24, 2.45) is 0 Å². The number of nitrogens with zero attached hydrogens (tertiary/aromatic N) is 3. The molecule has 108 valence electrons. The van der Waals surface area contributed by atoms with Crippen LogP contribution in [0.2, 0.25) is 5.15 Å². The molecule has 0 aliphatic carbocycles. The molecule has 3 rings (SSSR count). The van der Waals surface area contributed by atoms with Gasteiger partial charge in [-0.25, -0.2) is 14.7 Å². The molecule has 0 spiro atoms. The fourth-order valence-corrected chi connectivity index (χ4v) is 3.34. The standard InChI is InChI=1S/C11H7ClN4O4S/c12-9-11(16-4-2-1-3-8(16)14-9)21(18,19)15-10(17)7-5-20-6-13-7/h1-6H,(H,15,17). The number of carbonyl (C=O) groups excluding carboxylic acids is 1. The van der Waals surface area contributed by atoms with Gasteiger partial charge in [-0.3, -0.25) is 9.20 Å². The molecule has 0 aliphatic rings. The molecule has 10 heteroatoms. The molecule has 21 heavy (non-hydrogen) atoms. The van der Waals surface area contributed by atoms with Crippen LogP contribution >= 0.6 is 11.6 Å². The van der Waals surface area contributed by atoms with Gasteiger partial charge in [0.25, 0.3) is 15.9 Å². The van der Waals surface area contributed by atoms with E-state index in [0.717, 1.165) is 12.7 Å². The summed E-state index contributed by atoms with van der Waals surface area (Å²) in [6.45, 7) is 0. The quantitative estimate of drug-likeness (QED) is 0.772. The third-order valence-corrected chi connectivity index (χ3v) is 4.32. The minimum absolute atomic E-state index is 0.163. The number of fused-ring (bicyclic) bond motifs is 1. The Morgan fingerprint density at radius 3 is 2.90 bits per heavy atom. The lowest BCUT2D eigenvalue weighted by atomic mass is 10.5. The van der Waals surface area contributed by atoms with Crippen LogP contribution in [0.5, 0.6) is 0 Å². The number of halogens is 1. The zero-order chi connectivity index (χ0) is 15.0. The van der Waals surface area contributed by atoms with Gasteiger partial charge in [0.1, 0.15) is 11.9 Å². The van der Waals surface area contributed by atoms with E-state index in [1.54, 1.807) is 18.2 Å². The molecule has 0 saturated carbocycles. The zero-order valence-electron chi connectivity index (χ0n) is 10.2. The summed E-state index contributed by atoms with van der Waals surface area (Å²) < 4.78 is 32.3. The molecular formula is C11H7ClN4O4S. The molecule has 0 aromatic carbocycles. The third-order valence-electron chi connectivity index (χ3n) is 2.59. The Morgan fingerprint density at radius 2 is 2.19 bits per heavy atom. The number of nitrogens with one attached hydrogen (secondary N) is 1. The van der Waals surface area contributed by atoms with Gasteiger partial charge in [-0.1, -0.05) is 17.7 Å². The molecule has 0 atom stereocenters. The van der Waals surface area contributed by atoms with Gasteiger partial charge in [-0.2, -0.15) is 8.42 Å². The van der Waals surface area contributed by atoms with Crippen molar-refractivity contribution in [3.63, 3.8) is 0 Å². The van der Waals surface area contributed by atoms with Crippen molar-refractivity contribution in [1.82, 2.24) is 19.1 Å². The molecule has 8 nitrogen and oxygen atoms in total. The summed E-state index contributed by atoms with van der Waals surface area (Å²) in [5, 5.41) is -0.557. The van der Waals surface area contributed by atoms with Crippen LogP contribution in [0.1, 0.15) is 10.5 Å². The largest absolute Gasteiger partial charge is 0.451 e. The average Bonchev–Trinajstić information content (AvgIpc) is 3.04. The first-order valence-corrected chi connectivity index (χ1v) is 7.43. The zero-order valence-corrected chi connectivity index (χ0v) is 11.8. The van der Waals surface area contributed by atoms with Crippen LogP contribution in [-0.4, -0.2) is 28.7 Å². The molecule has 0 radical (unpaired) electrons. The topological polar surface area (TPSA) is 107 Å². The molecule has 3 aromatic heterocycles. The Balaban J connectivity index is 2.05. The number of pyridine rings is 1. The van der Waals surface area contributed by atoms with Crippen molar-refractivity contribution in [2.75, 3.05) is 0 Å². The van der Waals surface area contributed by atoms with Crippen LogP contribution < -0.4 is 4.72 Å². The number of aromatic nitrogens is 3. The summed E-state index contributed by atoms with van der Waals surface area (Å²) >= 11 is 5.86. The van der Waals surface area contributed by atoms with Crippen LogP contribution in [0.4, 0.5) is 0 Å². The first-order valence-electron chi connectivity index (χ1n) is 5.57. The monoisotopic (exact) mass is 326 g/mol. The van der Waals surface area contributed by atoms with E-state index < -0.39 is 15.9 Å². The smallest absolute Gasteiger partial charge is 0.286 e. The minimum atomic E-state index is -4.21. The van der Waals surface area contributed by atoms with Gasteiger partial charge >= 0.3 is 0 Å². The average molecular weight is 327 g/mol. The van der Waals surface area contributed by atoms with Gasteiger partial charge in [-0.15, -0.1) is 0 Å². The van der Waals surface area contributed by atoms with E-state index in [1.807, 2.05) is 4.72 Å². The van der Waals surface area contributed by atoms with Crippen LogP contribution in [0.25, 0.3) is 5.65 Å². The van der Waals surface area contributed by atoms with E-state index >= 15 is 0 Å². The van der Waals surface area contributed by atoms with Crippen molar-refractivity contribution in [2.45, 2.75) is 5.03 Å². The highest BCUT2D eigenvalue weighted by atomic mass is 35.5. The number of hydrogen-bond donors (Lipinski definition) is 1. The van der Waals surface area contributed by atoms with Crippen molar-refractivity contribution < 1.29 is 17.6 Å². The number of oxazole rings is 1. The maximum atomic E-state index is 12.3. The number of carbonyl (C=O) groups is 1. The van der Waals surface area contributed by atoms with Crippen LogP contribution in [0, 0.1) is 0 Å². The summed E-state index contributed by atoms with van der Waals surface area (Å²) in [6.07, 6.45) is 3.52. The molecule has 3 aromatic rings. The van der Waals surface area contributed by atoms with Gasteiger partial charge in [0.15, 0.2) is 22.3 Å². The lowest BCUT2D eigenvalue weighted by Gasteiger charge is -2.05. The van der Waals surface area contributed by atoms with Crippen LogP contribution in [-0.2, 0) is 10.0 Å². The van der Waals surface area contributed by atoms with E-state index in [4.69, 9.17) is 11.6 Å². The Hall–Kier alpha value is -2.39. The Labute approximate surface area is 123 Å². The first kappa shape index (κ1) is 13.6. The predicted octanol–water partition coefficient (Wildman–Crippen LogP) is 1.09. The minimum Gasteiger partial charge on any atom is -0.451 e. The van der Waals surface area contributed by atoms with E-state index in [9.17, 15) is 13.2 Å². The number of hydrogen-bond acceptors (Lipinski definition) is 6. The Morgan fingerprint density at radius 1 is 1.38 bits per heavy atom. The maximum absolute atomic E-state index is 12.3. The van der Waals surface area contributed by atoms with Crippen molar-refractivity contribution in [3.05, 3.63) is 47.9 Å². The van der Waals surface area contributed by atoms with Gasteiger partial charge in [0, 0.05) is 6.20 Å². The van der Waals surface area contributed by atoms with E-state index in [0.29, 0.717) is 5.65 Å². The second-order valence-electron chi connectivity index (χ2n) is 3.94. The van der Waals surface area contributed by atoms with Gasteiger partial charge in [0.2, 0.25) is 0 Å². The van der Waals surface area contributed by atoms with E-state index in [1.165, 1.54) is 10.6 Å². The maximum Gasteiger partial charge on any atom is 0.286 e. The van der Waals surface area contributed by atoms with Crippen molar-refractivity contribution >= 4 is 33.2 Å². The highest BCUT2D eigenvalue weighted by Gasteiger charge is 2.27. The second kappa shape index (κ2) is 4.86. The highest BCUT2D eigenvalue weighted by Crippen LogP contribution is 2.22. The molecule has 1 amide bonds. The number of amides is 1. The summed E-state index contributed by atoms with van der Waals surface area (Å²) in [6, 6.07) is 4.89. The highest BCUT2D eigenvalue weighted by molar-refractivity contribution is 7.90. The lowest BCUT2D eigenvalue weighted by Crippen LogP contribution is -2.31. The van der Waals surface area contributed by atoms with E-state index in [2.05, 4.69) is 14.4 Å². The SMILES string of the molecule is O=C(NS(=O)(=O)c1c(Cl)nc2ccccn12)c1cocn1. The molecule has 0 fully saturated rings. The Bertz CT molecular complexity index is 917. The third kappa shape index (κ3) is 2.36. The first-order chi connectivity index (χ1) is 9.99. The number of sulfonamides is 1. The number of imidazole rings is 1. The number of rotatable bonds is 3. The summed E-state index contributed by atoms with van der Waals surface area (Å²) in [4.78, 5) is 19.3. The second-order valence-corrected chi connectivity index (χ2v) is 5.90. The molecule has 0 aliphatic heterocycles. The van der Waals surface area contributed by atoms with Gasteiger partial charge in [-0.05, 0) is 12.1 Å². The van der Waals surface area contributed by atoms with E-state index in [-0.39, 0.29) is 15.9 Å². The molecule has 0 bridgehead atoms. The normalized spacial score (nSPS) is 11.7. The van der Waals surface area contributed by atoms with Gasteiger partial charge < -0.3 is 4.42 Å². The van der Waals surface area contributed by atoms with Crippen LogP contribution in [0.15, 0.2) is 46.5 Å². The fraction of sp³-hybridized carbons (Fsp3) is 0. The molecule has 1 N–H and O–H groups in total. The molecular weight excluding hydrogens is 320 g/mol. The molecule has 0 unspecified atom stereocenters. The summed E-state index contributed by atoms with van der Waals surface area (Å²) in [5.41, 5.74) is 0.181. The fourth-order valence-electron chi connectivity index (χ4n) is 1.73. The van der Waals surface area contributed by atoms with Crippen LogP contribution in [0.3, 0.4) is 0 Å². The summed E-state index contributed by atoms with van der Waals surface area (Å²) in [7, 11) is -4.21. The van der Waals surface area contributed by atoms with Crippen molar-refractivity contribution in [1.29, 1.82) is 0 Å². The van der Waals surface area contributed by atoms with Crippen molar-refractivity contribution in [3.8, 4) is 0 Å². The lowest BCUT2D eigenvalue weighted by molar-refractivity contribution is 0.0976.